The molecule has 0 amide bonds. The second-order valence-electron chi connectivity index (χ2n) is 4.28. The Morgan fingerprint density at radius 2 is 2.33 bits per heavy atom. The number of halogens is 1. The Hall–Kier alpha value is -0.690. The number of hydrogen-bond acceptors (Lipinski definition) is 4. The maximum atomic E-state index is 12.4. The Kier molecular flexibility index (Phi) is 4.21. The van der Waals surface area contributed by atoms with Crippen molar-refractivity contribution in [2.75, 3.05) is 20.1 Å². The Balaban J connectivity index is 2.29. The highest BCUT2D eigenvalue weighted by molar-refractivity contribution is 7.89. The van der Waals surface area contributed by atoms with Crippen LogP contribution in [0.5, 0.6) is 0 Å². The molecule has 1 aliphatic rings. The van der Waals surface area contributed by atoms with Crippen molar-refractivity contribution < 1.29 is 8.42 Å². The summed E-state index contributed by atoms with van der Waals surface area (Å²) in [5.41, 5.74) is 0. The first kappa shape index (κ1) is 13.7. The van der Waals surface area contributed by atoms with Crippen LogP contribution >= 0.6 is 11.6 Å². The van der Waals surface area contributed by atoms with Gasteiger partial charge in [-0.05, 0) is 32.0 Å². The van der Waals surface area contributed by atoms with Crippen molar-refractivity contribution in [1.82, 2.24) is 14.6 Å². The summed E-state index contributed by atoms with van der Waals surface area (Å²) in [6, 6.07) is 3.35. The third-order valence-corrected chi connectivity index (χ3v) is 5.34. The summed E-state index contributed by atoms with van der Waals surface area (Å²) in [6.07, 6.45) is 3.27. The number of piperidine rings is 1. The second-order valence-corrected chi connectivity index (χ2v) is 6.54. The van der Waals surface area contributed by atoms with Gasteiger partial charge >= 0.3 is 0 Å². The number of likely N-dealkylation sites (N-methyl/N-ethyl adjacent to an activating group) is 1. The van der Waals surface area contributed by atoms with Crippen LogP contribution in [0.1, 0.15) is 12.8 Å². The average Bonchev–Trinajstić information content (AvgIpc) is 2.39. The molecule has 18 heavy (non-hydrogen) atoms. The van der Waals surface area contributed by atoms with Crippen molar-refractivity contribution >= 4 is 21.6 Å². The molecule has 100 valence electrons. The van der Waals surface area contributed by atoms with E-state index in [9.17, 15) is 8.42 Å². The van der Waals surface area contributed by atoms with Crippen LogP contribution in [0.15, 0.2) is 23.4 Å². The lowest BCUT2D eigenvalue weighted by Crippen LogP contribution is -2.47. The summed E-state index contributed by atoms with van der Waals surface area (Å²) < 4.78 is 26.3. The molecule has 0 radical (unpaired) electrons. The number of nitrogens with one attached hydrogen (secondary N) is 1. The first-order chi connectivity index (χ1) is 8.55. The average molecular weight is 290 g/mol. The molecule has 2 rings (SSSR count). The molecule has 7 heteroatoms. The molecule has 0 spiro atoms. The molecular weight excluding hydrogens is 274 g/mol. The highest BCUT2D eigenvalue weighted by Crippen LogP contribution is 2.24. The summed E-state index contributed by atoms with van der Waals surface area (Å²) in [7, 11) is -1.74. The van der Waals surface area contributed by atoms with Crippen LogP contribution in [-0.2, 0) is 10.0 Å². The van der Waals surface area contributed by atoms with Gasteiger partial charge in [0.1, 0.15) is 0 Å². The van der Waals surface area contributed by atoms with Gasteiger partial charge in [0, 0.05) is 25.3 Å². The largest absolute Gasteiger partial charge is 0.316 e. The highest BCUT2D eigenvalue weighted by atomic mass is 35.5. The van der Waals surface area contributed by atoms with Crippen molar-refractivity contribution in [2.45, 2.75) is 23.9 Å². The summed E-state index contributed by atoms with van der Waals surface area (Å²) >= 11 is 5.91. The predicted molar refractivity (Wildman–Crippen MR) is 70.1 cm³/mol. The summed E-state index contributed by atoms with van der Waals surface area (Å²) in [5.74, 6) is 0. The van der Waals surface area contributed by atoms with Crippen LogP contribution in [0, 0.1) is 0 Å². The van der Waals surface area contributed by atoms with E-state index in [0.29, 0.717) is 13.1 Å². The maximum Gasteiger partial charge on any atom is 0.262 e. The third kappa shape index (κ3) is 2.66. The minimum atomic E-state index is -3.59. The molecular formula is C11H16ClN3O2S. The Morgan fingerprint density at radius 1 is 1.56 bits per heavy atom. The third-order valence-electron chi connectivity index (χ3n) is 3.10. The lowest BCUT2D eigenvalue weighted by Gasteiger charge is -2.31. The zero-order chi connectivity index (χ0) is 13.2. The van der Waals surface area contributed by atoms with Crippen molar-refractivity contribution in [3.8, 4) is 0 Å². The van der Waals surface area contributed by atoms with E-state index in [1.165, 1.54) is 10.5 Å². The normalized spacial score (nSPS) is 22.0. The first-order valence-corrected chi connectivity index (χ1v) is 7.65. The predicted octanol–water partition coefficient (Wildman–Crippen LogP) is 1.11. The summed E-state index contributed by atoms with van der Waals surface area (Å²) in [5, 5.41) is 3.23. The smallest absolute Gasteiger partial charge is 0.262 e. The number of sulfonamides is 1. The molecule has 1 aromatic heterocycles. The molecule has 5 nitrogen and oxygen atoms in total. The summed E-state index contributed by atoms with van der Waals surface area (Å²) in [4.78, 5) is 3.89. The van der Waals surface area contributed by atoms with E-state index < -0.39 is 10.0 Å². The van der Waals surface area contributed by atoms with Gasteiger partial charge < -0.3 is 5.32 Å². The molecule has 1 aromatic rings. The van der Waals surface area contributed by atoms with E-state index in [1.807, 2.05) is 7.05 Å². The molecule has 0 aliphatic carbocycles. The molecule has 2 heterocycles. The van der Waals surface area contributed by atoms with Crippen molar-refractivity contribution in [3.63, 3.8) is 0 Å². The quantitative estimate of drug-likeness (QED) is 0.905. The van der Waals surface area contributed by atoms with Gasteiger partial charge in [-0.3, -0.25) is 0 Å². The lowest BCUT2D eigenvalue weighted by molar-refractivity contribution is 0.292. The molecule has 1 saturated heterocycles. The van der Waals surface area contributed by atoms with E-state index >= 15 is 0 Å². The van der Waals surface area contributed by atoms with Crippen molar-refractivity contribution in [1.29, 1.82) is 0 Å². The van der Waals surface area contributed by atoms with E-state index in [4.69, 9.17) is 11.6 Å². The van der Waals surface area contributed by atoms with Crippen LogP contribution in [0.25, 0.3) is 0 Å². The zero-order valence-corrected chi connectivity index (χ0v) is 11.7. The van der Waals surface area contributed by atoms with E-state index in [2.05, 4.69) is 10.3 Å². The number of aromatic nitrogens is 1. The monoisotopic (exact) mass is 289 g/mol. The second kappa shape index (κ2) is 5.52. The van der Waals surface area contributed by atoms with Gasteiger partial charge in [0.15, 0.2) is 5.03 Å². The van der Waals surface area contributed by atoms with Gasteiger partial charge in [0.2, 0.25) is 0 Å². The van der Waals surface area contributed by atoms with Crippen LogP contribution in [0.4, 0.5) is 0 Å². The fraction of sp³-hybridized carbons (Fsp3) is 0.545. The van der Waals surface area contributed by atoms with E-state index in [1.54, 1.807) is 12.1 Å². The maximum absolute atomic E-state index is 12.4. The van der Waals surface area contributed by atoms with E-state index in [-0.39, 0.29) is 16.1 Å². The van der Waals surface area contributed by atoms with Gasteiger partial charge in [0.25, 0.3) is 10.0 Å². The zero-order valence-electron chi connectivity index (χ0n) is 10.1. The number of rotatable bonds is 3. The van der Waals surface area contributed by atoms with Crippen LogP contribution in [-0.4, -0.2) is 43.9 Å². The SMILES string of the molecule is CN[C@H]1CCCN(S(=O)(=O)c2ncccc2Cl)C1. The fourth-order valence-electron chi connectivity index (χ4n) is 2.08. The van der Waals surface area contributed by atoms with Gasteiger partial charge in [-0.2, -0.15) is 4.31 Å². The van der Waals surface area contributed by atoms with E-state index in [0.717, 1.165) is 12.8 Å². The van der Waals surface area contributed by atoms with Gasteiger partial charge in [-0.25, -0.2) is 13.4 Å². The van der Waals surface area contributed by atoms with Crippen LogP contribution in [0.2, 0.25) is 5.02 Å². The molecule has 0 unspecified atom stereocenters. The minimum Gasteiger partial charge on any atom is -0.316 e. The lowest BCUT2D eigenvalue weighted by atomic mass is 10.1. The molecule has 1 atom stereocenters. The Bertz CT molecular complexity index is 521. The van der Waals surface area contributed by atoms with Crippen molar-refractivity contribution in [3.05, 3.63) is 23.4 Å². The molecule has 0 bridgehead atoms. The van der Waals surface area contributed by atoms with Crippen molar-refractivity contribution in [2.24, 2.45) is 0 Å². The number of nitrogens with zero attached hydrogens (tertiary/aromatic N) is 2. The van der Waals surface area contributed by atoms with Crippen LogP contribution in [0.3, 0.4) is 0 Å². The molecule has 0 saturated carbocycles. The molecule has 1 N–H and O–H groups in total. The van der Waals surface area contributed by atoms with Gasteiger partial charge in [-0.1, -0.05) is 11.6 Å². The van der Waals surface area contributed by atoms with Gasteiger partial charge in [0.05, 0.1) is 5.02 Å². The molecule has 1 aliphatic heterocycles. The van der Waals surface area contributed by atoms with Crippen LogP contribution < -0.4 is 5.32 Å². The minimum absolute atomic E-state index is 0.0524. The highest BCUT2D eigenvalue weighted by Gasteiger charge is 2.31. The molecule has 0 aromatic carbocycles. The standard InChI is InChI=1S/C11H16ClN3O2S/c1-13-9-4-3-7-15(8-9)18(16,17)11-10(12)5-2-6-14-11/h2,5-6,9,13H,3-4,7-8H2,1H3/t9-/m0/s1. The Labute approximate surface area is 112 Å². The Morgan fingerprint density at radius 3 is 3.00 bits per heavy atom. The summed E-state index contributed by atoms with van der Waals surface area (Å²) in [6.45, 7) is 0.985. The van der Waals surface area contributed by atoms with Gasteiger partial charge in [-0.15, -0.1) is 0 Å². The number of hydrogen-bond donors (Lipinski definition) is 1. The topological polar surface area (TPSA) is 62.3 Å². The fourth-order valence-corrected chi connectivity index (χ4v) is 3.99. The first-order valence-electron chi connectivity index (χ1n) is 5.83. The molecule has 1 fully saturated rings. The number of pyridine rings is 1.